The van der Waals surface area contributed by atoms with Crippen molar-refractivity contribution in [2.24, 2.45) is 11.3 Å². The summed E-state index contributed by atoms with van der Waals surface area (Å²) in [6.45, 7) is 6.47. The lowest BCUT2D eigenvalue weighted by molar-refractivity contribution is -0.143. The van der Waals surface area contributed by atoms with Crippen molar-refractivity contribution >= 4 is 12.1 Å². The molecule has 36 heavy (non-hydrogen) atoms. The fourth-order valence-electron chi connectivity index (χ4n) is 6.42. The fraction of sp³-hybridized carbons (Fsp3) is 0.724. The zero-order chi connectivity index (χ0) is 26.6. The predicted molar refractivity (Wildman–Crippen MR) is 141 cm³/mol. The Morgan fingerprint density at radius 3 is 2.39 bits per heavy atom. The van der Waals surface area contributed by atoms with Gasteiger partial charge >= 0.3 is 12.1 Å². The molecule has 1 unspecified atom stereocenters. The van der Waals surface area contributed by atoms with Crippen LogP contribution in [0.4, 0.5) is 4.79 Å². The summed E-state index contributed by atoms with van der Waals surface area (Å²) < 4.78 is 5.44. The van der Waals surface area contributed by atoms with Gasteiger partial charge in [-0.1, -0.05) is 56.4 Å². The van der Waals surface area contributed by atoms with Crippen LogP contribution in [0.5, 0.6) is 0 Å². The first-order valence-corrected chi connectivity index (χ1v) is 13.5. The second-order valence-electron chi connectivity index (χ2n) is 12.3. The quantitative estimate of drug-likeness (QED) is 0.448. The number of hydrogen-bond acceptors (Lipinski definition) is 5. The molecule has 1 amide bonds. The van der Waals surface area contributed by atoms with Crippen molar-refractivity contribution in [2.75, 3.05) is 27.2 Å². The summed E-state index contributed by atoms with van der Waals surface area (Å²) in [5, 5.41) is 25.3. The summed E-state index contributed by atoms with van der Waals surface area (Å²) in [6.07, 6.45) is 7.51. The van der Waals surface area contributed by atoms with Gasteiger partial charge in [-0.05, 0) is 71.7 Å². The van der Waals surface area contributed by atoms with Crippen molar-refractivity contribution in [3.05, 3.63) is 35.4 Å². The predicted octanol–water partition coefficient (Wildman–Crippen LogP) is 5.27. The third-order valence-electron chi connectivity index (χ3n) is 8.03. The fourth-order valence-corrected chi connectivity index (χ4v) is 6.42. The van der Waals surface area contributed by atoms with Gasteiger partial charge in [-0.15, -0.1) is 0 Å². The number of nitrogens with one attached hydrogen (secondary N) is 1. The Balaban J connectivity index is 1.95. The van der Waals surface area contributed by atoms with Gasteiger partial charge < -0.3 is 25.2 Å². The molecule has 0 heterocycles. The van der Waals surface area contributed by atoms with E-state index in [2.05, 4.69) is 10.2 Å². The van der Waals surface area contributed by atoms with E-state index >= 15 is 0 Å². The molecule has 3 N–H and O–H groups in total. The molecule has 7 nitrogen and oxygen atoms in total. The third-order valence-corrected chi connectivity index (χ3v) is 8.03. The molecule has 0 saturated heterocycles. The first-order chi connectivity index (χ1) is 16.9. The van der Waals surface area contributed by atoms with Crippen molar-refractivity contribution in [1.82, 2.24) is 10.2 Å². The van der Waals surface area contributed by atoms with Gasteiger partial charge in [0.2, 0.25) is 0 Å². The molecule has 0 aliphatic heterocycles. The van der Waals surface area contributed by atoms with Gasteiger partial charge in [-0.25, -0.2) is 4.79 Å². The van der Waals surface area contributed by atoms with Gasteiger partial charge in [0, 0.05) is 24.4 Å². The molecule has 1 aromatic carbocycles. The minimum Gasteiger partial charge on any atom is -0.481 e. The first kappa shape index (κ1) is 28.5. The van der Waals surface area contributed by atoms with E-state index in [1.54, 1.807) is 0 Å². The van der Waals surface area contributed by atoms with Crippen molar-refractivity contribution in [3.8, 4) is 0 Å². The van der Waals surface area contributed by atoms with Crippen molar-refractivity contribution in [2.45, 2.75) is 95.7 Å². The summed E-state index contributed by atoms with van der Waals surface area (Å²) in [6, 6.07) is 7.64. The second kappa shape index (κ2) is 11.5. The largest absolute Gasteiger partial charge is 0.481 e. The lowest BCUT2D eigenvalue weighted by atomic mass is 9.63. The van der Waals surface area contributed by atoms with Gasteiger partial charge in [0.25, 0.3) is 0 Å². The Morgan fingerprint density at radius 2 is 1.78 bits per heavy atom. The summed E-state index contributed by atoms with van der Waals surface area (Å²) in [5.41, 5.74) is -0.698. The zero-order valence-electron chi connectivity index (χ0n) is 22.8. The van der Waals surface area contributed by atoms with Gasteiger partial charge in [0.15, 0.2) is 0 Å². The number of carboxylic acid groups (broad SMARTS) is 1. The van der Waals surface area contributed by atoms with Gasteiger partial charge in [-0.3, -0.25) is 4.79 Å². The van der Waals surface area contributed by atoms with E-state index in [0.717, 1.165) is 63.5 Å². The van der Waals surface area contributed by atoms with Crippen molar-refractivity contribution in [1.29, 1.82) is 0 Å². The topological polar surface area (TPSA) is 99.1 Å². The molecule has 3 rings (SSSR count). The van der Waals surface area contributed by atoms with Crippen LogP contribution >= 0.6 is 0 Å². The molecule has 2 aliphatic rings. The highest BCUT2D eigenvalue weighted by atomic mass is 16.6. The Morgan fingerprint density at radius 1 is 1.11 bits per heavy atom. The van der Waals surface area contributed by atoms with E-state index in [1.165, 1.54) is 0 Å². The van der Waals surface area contributed by atoms with Crippen LogP contribution in [0.2, 0.25) is 0 Å². The van der Waals surface area contributed by atoms with Gasteiger partial charge in [0.05, 0.1) is 11.5 Å². The van der Waals surface area contributed by atoms with E-state index in [4.69, 9.17) is 4.74 Å². The molecule has 202 valence electrons. The molecule has 7 heteroatoms. The lowest BCUT2D eigenvalue weighted by Gasteiger charge is -2.44. The SMILES string of the molecule is CN(C)C[C@@H]1CCCC[C@]1(O)c1cccc(C(C(=O)O)C2(CNC(=O)OC(C)(C)C)CCCCC2)c1. The normalized spacial score (nSPS) is 25.2. The molecular formula is C29H46N2O5. The summed E-state index contributed by atoms with van der Waals surface area (Å²) >= 11 is 0. The maximum Gasteiger partial charge on any atom is 0.407 e. The van der Waals surface area contributed by atoms with Crippen molar-refractivity contribution in [3.63, 3.8) is 0 Å². The first-order valence-electron chi connectivity index (χ1n) is 13.5. The van der Waals surface area contributed by atoms with Crippen LogP contribution in [0.1, 0.15) is 95.6 Å². The molecule has 0 spiro atoms. The Labute approximate surface area is 216 Å². The van der Waals surface area contributed by atoms with E-state index in [-0.39, 0.29) is 12.5 Å². The number of carboxylic acids is 1. The maximum atomic E-state index is 12.8. The monoisotopic (exact) mass is 502 g/mol. The number of benzene rings is 1. The molecule has 1 aromatic rings. The number of rotatable bonds is 8. The van der Waals surface area contributed by atoms with Crippen LogP contribution in [0.15, 0.2) is 24.3 Å². The molecule has 2 fully saturated rings. The number of aliphatic hydroxyl groups is 1. The van der Waals surface area contributed by atoms with E-state index in [1.807, 2.05) is 59.1 Å². The van der Waals surface area contributed by atoms with Crippen molar-refractivity contribution < 1.29 is 24.5 Å². The molecule has 0 aromatic heterocycles. The number of nitrogens with zero attached hydrogens (tertiary/aromatic N) is 1. The third kappa shape index (κ3) is 6.80. The number of aliphatic carboxylic acids is 1. The Bertz CT molecular complexity index is 903. The summed E-state index contributed by atoms with van der Waals surface area (Å²) in [4.78, 5) is 27.4. The average molecular weight is 503 g/mol. The number of carbonyl (C=O) groups is 2. The smallest absolute Gasteiger partial charge is 0.407 e. The molecule has 0 bridgehead atoms. The number of hydrogen-bond donors (Lipinski definition) is 3. The van der Waals surface area contributed by atoms with E-state index < -0.39 is 34.6 Å². The Kier molecular flexibility index (Phi) is 9.10. The maximum absolute atomic E-state index is 12.8. The van der Waals surface area contributed by atoms with Gasteiger partial charge in [0.1, 0.15) is 5.60 Å². The van der Waals surface area contributed by atoms with E-state index in [9.17, 15) is 19.8 Å². The summed E-state index contributed by atoms with van der Waals surface area (Å²) in [7, 11) is 4.05. The van der Waals surface area contributed by atoms with Crippen LogP contribution in [-0.4, -0.2) is 60.0 Å². The second-order valence-corrected chi connectivity index (χ2v) is 12.3. The number of alkyl carbamates (subject to hydrolysis) is 1. The van der Waals surface area contributed by atoms with Crippen LogP contribution in [0.3, 0.4) is 0 Å². The standard InChI is InChI=1S/C29H46N2O5/c1-27(2,3)36-26(34)30-20-28(15-8-6-9-16-28)24(25(32)33)21-12-11-14-22(18-21)29(35)17-10-7-13-23(29)19-31(4)5/h11-12,14,18,23-24,35H,6-10,13,15-17,19-20H2,1-5H3,(H,30,34)(H,32,33)/t23-,24?,29-/m0/s1. The highest BCUT2D eigenvalue weighted by Gasteiger charge is 2.46. The molecule has 0 radical (unpaired) electrons. The van der Waals surface area contributed by atoms with Crippen LogP contribution < -0.4 is 5.32 Å². The lowest BCUT2D eigenvalue weighted by Crippen LogP contribution is -2.46. The molecule has 2 aliphatic carbocycles. The molecule has 2 saturated carbocycles. The number of carbonyl (C=O) groups excluding carboxylic acids is 1. The van der Waals surface area contributed by atoms with Gasteiger partial charge in [-0.2, -0.15) is 0 Å². The minimum atomic E-state index is -0.976. The molecular weight excluding hydrogens is 456 g/mol. The highest BCUT2D eigenvalue weighted by molar-refractivity contribution is 5.78. The van der Waals surface area contributed by atoms with Crippen LogP contribution in [0.25, 0.3) is 0 Å². The minimum absolute atomic E-state index is 0.0947. The molecule has 3 atom stereocenters. The highest BCUT2D eigenvalue weighted by Crippen LogP contribution is 2.49. The zero-order valence-corrected chi connectivity index (χ0v) is 22.8. The van der Waals surface area contributed by atoms with Crippen LogP contribution in [-0.2, 0) is 15.1 Å². The summed E-state index contributed by atoms with van der Waals surface area (Å²) in [5.74, 6) is -1.58. The number of ether oxygens (including phenoxy) is 1. The van der Waals surface area contributed by atoms with E-state index in [0.29, 0.717) is 12.0 Å². The van der Waals surface area contributed by atoms with Crippen LogP contribution in [0, 0.1) is 11.3 Å². The number of amides is 1. The Hall–Kier alpha value is -2.12. The average Bonchev–Trinajstić information content (AvgIpc) is 2.79.